The molecule has 2 atom stereocenters. The Kier molecular flexibility index (Phi) is 9.01. The highest BCUT2D eigenvalue weighted by Crippen LogP contribution is 2.16. The van der Waals surface area contributed by atoms with Crippen molar-refractivity contribution in [3.05, 3.63) is 107 Å². The molecule has 35 heavy (non-hydrogen) atoms. The largest absolute Gasteiger partial charge is 0.480 e. The molecule has 0 heterocycles. The third-order valence-electron chi connectivity index (χ3n) is 5.77. The van der Waals surface area contributed by atoms with Crippen molar-refractivity contribution in [1.29, 1.82) is 0 Å². The second-order valence-electron chi connectivity index (χ2n) is 8.42. The van der Waals surface area contributed by atoms with Gasteiger partial charge in [-0.15, -0.1) is 0 Å². The second-order valence-corrected chi connectivity index (χ2v) is 8.42. The Bertz CT molecular complexity index is 1130. The first-order chi connectivity index (χ1) is 16.8. The molecule has 3 N–H and O–H groups in total. The first-order valence-corrected chi connectivity index (χ1v) is 11.4. The van der Waals surface area contributed by atoms with Crippen LogP contribution in [0.4, 0.5) is 4.79 Å². The van der Waals surface area contributed by atoms with Gasteiger partial charge in [-0.25, -0.2) is 9.59 Å². The third kappa shape index (κ3) is 7.71. The zero-order chi connectivity index (χ0) is 25.2. The molecule has 7 nitrogen and oxygen atoms in total. The first kappa shape index (κ1) is 25.5. The average Bonchev–Trinajstić information content (AvgIpc) is 2.85. The fourth-order valence-corrected chi connectivity index (χ4v) is 3.81. The molecule has 2 amide bonds. The van der Waals surface area contributed by atoms with Crippen LogP contribution in [0.3, 0.4) is 0 Å². The summed E-state index contributed by atoms with van der Waals surface area (Å²) >= 11 is 0. The number of hydrogen-bond donors (Lipinski definition) is 3. The van der Waals surface area contributed by atoms with Crippen molar-refractivity contribution in [2.45, 2.75) is 45.4 Å². The maximum Gasteiger partial charge on any atom is 0.408 e. The maximum atomic E-state index is 13.2. The maximum absolute atomic E-state index is 13.2. The number of carboxylic acid groups (broad SMARTS) is 1. The smallest absolute Gasteiger partial charge is 0.408 e. The normalized spacial score (nSPS) is 12.3. The first-order valence-electron chi connectivity index (χ1n) is 11.4. The molecule has 3 rings (SSSR count). The zero-order valence-corrected chi connectivity index (χ0v) is 19.9. The van der Waals surface area contributed by atoms with Crippen molar-refractivity contribution < 1.29 is 24.2 Å². The molecule has 7 heteroatoms. The van der Waals surface area contributed by atoms with E-state index in [1.165, 1.54) is 0 Å². The standard InChI is InChI=1S/C28H30N2O5/c1-19-10-9-11-20(2)23(19)17-25(27(32)33)29-26(31)24(16-21-12-5-3-6-13-21)30-28(34)35-18-22-14-7-4-8-15-22/h3-15,24-25H,16-18H2,1-2H3,(H,29,31)(H,30,34)(H,32,33)/t24-,25+/m1/s1. The van der Waals surface area contributed by atoms with Crippen LogP contribution in [0.15, 0.2) is 78.9 Å². The highest BCUT2D eigenvalue weighted by atomic mass is 16.5. The van der Waals surface area contributed by atoms with E-state index in [1.807, 2.05) is 92.7 Å². The van der Waals surface area contributed by atoms with Crippen molar-refractivity contribution in [2.75, 3.05) is 0 Å². The molecule has 0 saturated carbocycles. The summed E-state index contributed by atoms with van der Waals surface area (Å²) in [7, 11) is 0. The van der Waals surface area contributed by atoms with Gasteiger partial charge in [0.2, 0.25) is 5.91 Å². The summed E-state index contributed by atoms with van der Waals surface area (Å²) in [6.45, 7) is 3.87. The number of alkyl carbamates (subject to hydrolysis) is 1. The summed E-state index contributed by atoms with van der Waals surface area (Å²) in [5, 5.41) is 15.0. The van der Waals surface area contributed by atoms with Gasteiger partial charge in [-0.1, -0.05) is 78.9 Å². The number of aliphatic carboxylic acids is 1. The topological polar surface area (TPSA) is 105 Å². The average molecular weight is 475 g/mol. The minimum atomic E-state index is -1.15. The van der Waals surface area contributed by atoms with E-state index in [4.69, 9.17) is 4.74 Å². The summed E-state index contributed by atoms with van der Waals surface area (Å²) < 4.78 is 5.28. The summed E-state index contributed by atoms with van der Waals surface area (Å²) in [4.78, 5) is 37.7. The molecule has 0 aromatic heterocycles. The number of benzene rings is 3. The number of carbonyl (C=O) groups excluding carboxylic acids is 2. The number of carboxylic acids is 1. The van der Waals surface area contributed by atoms with Gasteiger partial charge in [0.15, 0.2) is 0 Å². The van der Waals surface area contributed by atoms with Crippen LogP contribution in [0.2, 0.25) is 0 Å². The molecule has 0 radical (unpaired) electrons. The lowest BCUT2D eigenvalue weighted by atomic mass is 9.96. The van der Waals surface area contributed by atoms with Gasteiger partial charge in [0.05, 0.1) is 0 Å². The van der Waals surface area contributed by atoms with Crippen LogP contribution in [0.25, 0.3) is 0 Å². The van der Waals surface area contributed by atoms with Crippen LogP contribution >= 0.6 is 0 Å². The third-order valence-corrected chi connectivity index (χ3v) is 5.77. The van der Waals surface area contributed by atoms with Crippen LogP contribution in [0.5, 0.6) is 0 Å². The molecule has 0 fully saturated rings. The van der Waals surface area contributed by atoms with Crippen LogP contribution in [-0.2, 0) is 33.8 Å². The molecule has 0 aliphatic rings. The lowest BCUT2D eigenvalue weighted by Gasteiger charge is -2.22. The van der Waals surface area contributed by atoms with E-state index >= 15 is 0 Å². The highest BCUT2D eigenvalue weighted by molar-refractivity contribution is 5.89. The molecule has 3 aromatic carbocycles. The number of nitrogens with one attached hydrogen (secondary N) is 2. The van der Waals surface area contributed by atoms with Crippen molar-refractivity contribution in [3.8, 4) is 0 Å². The van der Waals surface area contributed by atoms with Crippen LogP contribution in [0, 0.1) is 13.8 Å². The molecule has 0 bridgehead atoms. The van der Waals surface area contributed by atoms with E-state index in [2.05, 4.69) is 10.6 Å². The second kappa shape index (κ2) is 12.4. The van der Waals surface area contributed by atoms with Gasteiger partial charge in [-0.3, -0.25) is 4.79 Å². The van der Waals surface area contributed by atoms with Crippen LogP contribution in [-0.4, -0.2) is 35.2 Å². The van der Waals surface area contributed by atoms with Gasteiger partial charge in [0, 0.05) is 12.8 Å². The molecule has 0 aliphatic carbocycles. The van der Waals surface area contributed by atoms with Gasteiger partial charge < -0.3 is 20.5 Å². The Balaban J connectivity index is 1.72. The van der Waals surface area contributed by atoms with E-state index in [-0.39, 0.29) is 19.4 Å². The van der Waals surface area contributed by atoms with Gasteiger partial charge in [0.25, 0.3) is 0 Å². The number of carbonyl (C=O) groups is 3. The van der Waals surface area contributed by atoms with E-state index in [0.29, 0.717) is 0 Å². The van der Waals surface area contributed by atoms with Gasteiger partial charge in [-0.05, 0) is 41.7 Å². The Morgan fingerprint density at radius 3 is 1.89 bits per heavy atom. The molecule has 0 saturated heterocycles. The molecule has 182 valence electrons. The monoisotopic (exact) mass is 474 g/mol. The number of aryl methyl sites for hydroxylation is 2. The van der Waals surface area contributed by atoms with Crippen LogP contribution < -0.4 is 10.6 Å². The number of ether oxygens (including phenoxy) is 1. The minimum Gasteiger partial charge on any atom is -0.480 e. The summed E-state index contributed by atoms with van der Waals surface area (Å²) in [5.41, 5.74) is 4.40. The molecule has 0 spiro atoms. The van der Waals surface area contributed by atoms with E-state index in [9.17, 15) is 19.5 Å². The van der Waals surface area contributed by atoms with Gasteiger partial charge in [0.1, 0.15) is 18.7 Å². The highest BCUT2D eigenvalue weighted by Gasteiger charge is 2.28. The summed E-state index contributed by atoms with van der Waals surface area (Å²) in [6, 6.07) is 21.9. The molecule has 0 aliphatic heterocycles. The Morgan fingerprint density at radius 2 is 1.31 bits per heavy atom. The Hall–Kier alpha value is -4.13. The predicted molar refractivity (Wildman–Crippen MR) is 133 cm³/mol. The van der Waals surface area contributed by atoms with Crippen molar-refractivity contribution >= 4 is 18.0 Å². The lowest BCUT2D eigenvalue weighted by Crippen LogP contribution is -2.53. The summed E-state index contributed by atoms with van der Waals surface area (Å²) in [6.07, 6.45) is -0.439. The van der Waals surface area contributed by atoms with E-state index in [1.54, 1.807) is 0 Å². The Labute approximate surface area is 205 Å². The molecular formula is C28H30N2O5. The zero-order valence-electron chi connectivity index (χ0n) is 19.9. The summed E-state index contributed by atoms with van der Waals surface area (Å²) in [5.74, 6) is -1.74. The fraction of sp³-hybridized carbons (Fsp3) is 0.250. The number of hydrogen-bond acceptors (Lipinski definition) is 4. The number of rotatable bonds is 10. The molecule has 3 aromatic rings. The minimum absolute atomic E-state index is 0.0522. The van der Waals surface area contributed by atoms with Crippen LogP contribution in [0.1, 0.15) is 27.8 Å². The van der Waals surface area contributed by atoms with Crippen molar-refractivity contribution in [2.24, 2.45) is 0 Å². The number of amides is 2. The molecule has 0 unspecified atom stereocenters. The van der Waals surface area contributed by atoms with Crippen molar-refractivity contribution in [3.63, 3.8) is 0 Å². The lowest BCUT2D eigenvalue weighted by molar-refractivity contribution is -0.142. The fourth-order valence-electron chi connectivity index (χ4n) is 3.81. The van der Waals surface area contributed by atoms with E-state index in [0.717, 1.165) is 27.8 Å². The van der Waals surface area contributed by atoms with Gasteiger partial charge >= 0.3 is 12.1 Å². The van der Waals surface area contributed by atoms with Crippen molar-refractivity contribution in [1.82, 2.24) is 10.6 Å². The Morgan fingerprint density at radius 1 is 0.743 bits per heavy atom. The van der Waals surface area contributed by atoms with E-state index < -0.39 is 30.1 Å². The quantitative estimate of drug-likeness (QED) is 0.413. The van der Waals surface area contributed by atoms with Gasteiger partial charge in [-0.2, -0.15) is 0 Å². The predicted octanol–water partition coefficient (Wildman–Crippen LogP) is 3.95. The SMILES string of the molecule is Cc1cccc(C)c1C[C@H](NC(=O)[C@@H](Cc1ccccc1)NC(=O)OCc1ccccc1)C(=O)O. The molecular weight excluding hydrogens is 444 g/mol.